The van der Waals surface area contributed by atoms with Gasteiger partial charge in [0.2, 0.25) is 5.91 Å². The van der Waals surface area contributed by atoms with Gasteiger partial charge >= 0.3 is 5.97 Å². The molecule has 0 aliphatic heterocycles. The SMILES string of the molecule is COc1cc(I)c(OC(C)=O)cc1CCNC(C)=O. The van der Waals surface area contributed by atoms with Gasteiger partial charge in [-0.1, -0.05) is 0 Å². The highest BCUT2D eigenvalue weighted by molar-refractivity contribution is 14.1. The lowest BCUT2D eigenvalue weighted by Crippen LogP contribution is -2.22. The van der Waals surface area contributed by atoms with E-state index in [4.69, 9.17) is 9.47 Å². The molecule has 1 aromatic rings. The minimum atomic E-state index is -0.365. The lowest BCUT2D eigenvalue weighted by Gasteiger charge is -2.12. The topological polar surface area (TPSA) is 64.6 Å². The maximum absolute atomic E-state index is 11.0. The standard InChI is InChI=1S/C13H16INO4/c1-8(16)15-5-4-10-6-13(19-9(2)17)11(14)7-12(10)18-3/h6-7H,4-5H2,1-3H3,(H,15,16). The molecule has 0 aliphatic rings. The van der Waals surface area contributed by atoms with Crippen molar-refractivity contribution in [2.45, 2.75) is 20.3 Å². The molecule has 0 saturated carbocycles. The number of carbonyl (C=O) groups excluding carboxylic acids is 2. The molecule has 19 heavy (non-hydrogen) atoms. The van der Waals surface area contributed by atoms with Crippen molar-refractivity contribution in [2.75, 3.05) is 13.7 Å². The van der Waals surface area contributed by atoms with Gasteiger partial charge in [0.15, 0.2) is 0 Å². The molecule has 6 heteroatoms. The van der Waals surface area contributed by atoms with Gasteiger partial charge < -0.3 is 14.8 Å². The fourth-order valence-corrected chi connectivity index (χ4v) is 2.12. The molecule has 0 radical (unpaired) electrons. The Kier molecular flexibility index (Phi) is 6.07. The van der Waals surface area contributed by atoms with Crippen LogP contribution in [0.1, 0.15) is 19.4 Å². The molecule has 0 fully saturated rings. The molecular weight excluding hydrogens is 361 g/mol. The van der Waals surface area contributed by atoms with Crippen LogP contribution in [0.25, 0.3) is 0 Å². The van der Waals surface area contributed by atoms with Crippen molar-refractivity contribution in [3.8, 4) is 11.5 Å². The minimum Gasteiger partial charge on any atom is -0.496 e. The number of halogens is 1. The van der Waals surface area contributed by atoms with Crippen LogP contribution in [0.5, 0.6) is 11.5 Å². The van der Waals surface area contributed by atoms with E-state index in [1.807, 2.05) is 6.07 Å². The van der Waals surface area contributed by atoms with Crippen LogP contribution in [0.4, 0.5) is 0 Å². The monoisotopic (exact) mass is 377 g/mol. The van der Waals surface area contributed by atoms with Crippen molar-refractivity contribution < 1.29 is 19.1 Å². The fraction of sp³-hybridized carbons (Fsp3) is 0.385. The zero-order valence-corrected chi connectivity index (χ0v) is 13.2. The molecule has 0 heterocycles. The van der Waals surface area contributed by atoms with Gasteiger partial charge in [-0.05, 0) is 46.7 Å². The number of hydrogen-bond acceptors (Lipinski definition) is 4. The quantitative estimate of drug-likeness (QED) is 0.484. The van der Waals surface area contributed by atoms with Crippen LogP contribution in [0.3, 0.4) is 0 Å². The Bertz CT molecular complexity index is 488. The number of nitrogens with one attached hydrogen (secondary N) is 1. The zero-order chi connectivity index (χ0) is 14.4. The van der Waals surface area contributed by atoms with Gasteiger partial charge in [-0.3, -0.25) is 9.59 Å². The van der Waals surface area contributed by atoms with E-state index >= 15 is 0 Å². The Morgan fingerprint density at radius 3 is 2.47 bits per heavy atom. The molecule has 1 aromatic carbocycles. The summed E-state index contributed by atoms with van der Waals surface area (Å²) in [6, 6.07) is 3.58. The van der Waals surface area contributed by atoms with Crippen molar-refractivity contribution in [3.05, 3.63) is 21.3 Å². The highest BCUT2D eigenvalue weighted by Gasteiger charge is 2.11. The van der Waals surface area contributed by atoms with E-state index < -0.39 is 0 Å². The van der Waals surface area contributed by atoms with Gasteiger partial charge in [-0.2, -0.15) is 0 Å². The van der Waals surface area contributed by atoms with Crippen molar-refractivity contribution in [2.24, 2.45) is 0 Å². The number of rotatable bonds is 5. The van der Waals surface area contributed by atoms with Gasteiger partial charge in [0, 0.05) is 20.4 Å². The smallest absolute Gasteiger partial charge is 0.308 e. The second-order valence-corrected chi connectivity index (χ2v) is 5.08. The number of hydrogen-bond donors (Lipinski definition) is 1. The Morgan fingerprint density at radius 2 is 1.95 bits per heavy atom. The van der Waals surface area contributed by atoms with Crippen molar-refractivity contribution in [1.82, 2.24) is 5.32 Å². The first-order valence-electron chi connectivity index (χ1n) is 5.73. The van der Waals surface area contributed by atoms with Crippen molar-refractivity contribution in [3.63, 3.8) is 0 Å². The molecule has 0 bridgehead atoms. The third-order valence-electron chi connectivity index (χ3n) is 2.36. The summed E-state index contributed by atoms with van der Waals surface area (Å²) >= 11 is 2.08. The van der Waals surface area contributed by atoms with Crippen LogP contribution in [0.2, 0.25) is 0 Å². The molecule has 0 unspecified atom stereocenters. The largest absolute Gasteiger partial charge is 0.496 e. The van der Waals surface area contributed by atoms with Crippen LogP contribution >= 0.6 is 22.6 Å². The summed E-state index contributed by atoms with van der Waals surface area (Å²) in [4.78, 5) is 21.9. The Morgan fingerprint density at radius 1 is 1.26 bits per heavy atom. The zero-order valence-electron chi connectivity index (χ0n) is 11.1. The van der Waals surface area contributed by atoms with Crippen molar-refractivity contribution >= 4 is 34.5 Å². The average molecular weight is 377 g/mol. The third-order valence-corrected chi connectivity index (χ3v) is 3.20. The van der Waals surface area contributed by atoms with Crippen LogP contribution < -0.4 is 14.8 Å². The molecule has 5 nitrogen and oxygen atoms in total. The molecule has 1 rings (SSSR count). The summed E-state index contributed by atoms with van der Waals surface area (Å²) in [6.07, 6.45) is 0.605. The van der Waals surface area contributed by atoms with Gasteiger partial charge in [-0.25, -0.2) is 0 Å². The average Bonchev–Trinajstić information content (AvgIpc) is 2.31. The Hall–Kier alpha value is -1.31. The Labute approximate surface area is 125 Å². The number of esters is 1. The molecule has 104 valence electrons. The summed E-state index contributed by atoms with van der Waals surface area (Å²) in [5.74, 6) is 0.776. The summed E-state index contributed by atoms with van der Waals surface area (Å²) in [6.45, 7) is 3.33. The van der Waals surface area contributed by atoms with Crippen molar-refractivity contribution in [1.29, 1.82) is 0 Å². The molecule has 1 amide bonds. The predicted octanol–water partition coefficient (Wildman–Crippen LogP) is 1.90. The molecular formula is C13H16INO4. The second-order valence-electron chi connectivity index (χ2n) is 3.92. The number of ether oxygens (including phenoxy) is 2. The number of benzene rings is 1. The summed E-state index contributed by atoms with van der Waals surface area (Å²) in [5.41, 5.74) is 0.882. The molecule has 0 aromatic heterocycles. The summed E-state index contributed by atoms with van der Waals surface area (Å²) in [5, 5.41) is 2.72. The van der Waals surface area contributed by atoms with E-state index in [-0.39, 0.29) is 11.9 Å². The third kappa shape index (κ3) is 5.06. The van der Waals surface area contributed by atoms with E-state index in [1.54, 1.807) is 13.2 Å². The van der Waals surface area contributed by atoms with Crippen LogP contribution in [-0.4, -0.2) is 25.5 Å². The van der Waals surface area contributed by atoms with Crippen LogP contribution in [0.15, 0.2) is 12.1 Å². The first-order chi connectivity index (χ1) is 8.93. The molecule has 0 spiro atoms. The highest BCUT2D eigenvalue weighted by Crippen LogP contribution is 2.30. The lowest BCUT2D eigenvalue weighted by molar-refractivity contribution is -0.132. The summed E-state index contributed by atoms with van der Waals surface area (Å²) < 4.78 is 11.2. The van der Waals surface area contributed by atoms with E-state index in [1.165, 1.54) is 13.8 Å². The normalized spacial score (nSPS) is 9.89. The highest BCUT2D eigenvalue weighted by atomic mass is 127. The van der Waals surface area contributed by atoms with Gasteiger partial charge in [-0.15, -0.1) is 0 Å². The number of carbonyl (C=O) groups is 2. The summed E-state index contributed by atoms with van der Waals surface area (Å²) in [7, 11) is 1.58. The molecule has 0 saturated heterocycles. The minimum absolute atomic E-state index is 0.0790. The second kappa shape index (κ2) is 7.32. The van der Waals surface area contributed by atoms with Crippen LogP contribution in [0, 0.1) is 3.57 Å². The lowest BCUT2D eigenvalue weighted by atomic mass is 10.1. The molecule has 0 atom stereocenters. The van der Waals surface area contributed by atoms with E-state index in [9.17, 15) is 9.59 Å². The maximum Gasteiger partial charge on any atom is 0.308 e. The van der Waals surface area contributed by atoms with Gasteiger partial charge in [0.1, 0.15) is 11.5 Å². The van der Waals surface area contributed by atoms with Gasteiger partial charge in [0.25, 0.3) is 0 Å². The first-order valence-corrected chi connectivity index (χ1v) is 6.81. The molecule has 0 aliphatic carbocycles. The van der Waals surface area contributed by atoms with E-state index in [0.29, 0.717) is 24.5 Å². The predicted molar refractivity (Wildman–Crippen MR) is 79.4 cm³/mol. The Balaban J connectivity index is 2.92. The number of methoxy groups -OCH3 is 1. The van der Waals surface area contributed by atoms with Gasteiger partial charge in [0.05, 0.1) is 10.7 Å². The van der Waals surface area contributed by atoms with Crippen LogP contribution in [-0.2, 0) is 16.0 Å². The fourth-order valence-electron chi connectivity index (χ4n) is 1.57. The van der Waals surface area contributed by atoms with E-state index in [2.05, 4.69) is 27.9 Å². The van der Waals surface area contributed by atoms with E-state index in [0.717, 1.165) is 9.13 Å². The number of amides is 1. The maximum atomic E-state index is 11.0. The molecule has 1 N–H and O–H groups in total. The first kappa shape index (κ1) is 15.7.